The van der Waals surface area contributed by atoms with Crippen LogP contribution in [-0.2, 0) is 19.2 Å². The summed E-state index contributed by atoms with van der Waals surface area (Å²) in [5.41, 5.74) is 5.47. The molecule has 7 nitrogen and oxygen atoms in total. The summed E-state index contributed by atoms with van der Waals surface area (Å²) >= 11 is 1.14. The number of nitrogens with zero attached hydrogens (tertiary/aromatic N) is 2. The Morgan fingerprint density at radius 3 is 2.76 bits per heavy atom. The van der Waals surface area contributed by atoms with E-state index >= 15 is 0 Å². The summed E-state index contributed by atoms with van der Waals surface area (Å²) in [6.45, 7) is 3.00. The fourth-order valence-electron chi connectivity index (χ4n) is 0.894. The Kier molecular flexibility index (Phi) is 4.58. The molecule has 2 N–H and O–H groups in total. The number of hydrogen-bond acceptors (Lipinski definition) is 8. The highest BCUT2D eigenvalue weighted by Gasteiger charge is 2.19. The van der Waals surface area contributed by atoms with E-state index in [2.05, 4.69) is 15.0 Å². The lowest BCUT2D eigenvalue weighted by atomic mass is 10.3. The maximum absolute atomic E-state index is 11.5. The molecule has 0 aliphatic carbocycles. The van der Waals surface area contributed by atoms with Crippen molar-refractivity contribution >= 4 is 34.1 Å². The van der Waals surface area contributed by atoms with Gasteiger partial charge in [0.1, 0.15) is 5.69 Å². The number of anilines is 1. The van der Waals surface area contributed by atoms with Gasteiger partial charge in [0.2, 0.25) is 5.71 Å². The zero-order chi connectivity index (χ0) is 12.8. The van der Waals surface area contributed by atoms with E-state index in [0.29, 0.717) is 0 Å². The van der Waals surface area contributed by atoms with Gasteiger partial charge in [0.05, 0.1) is 6.61 Å². The second-order valence-corrected chi connectivity index (χ2v) is 3.70. The van der Waals surface area contributed by atoms with Crippen molar-refractivity contribution in [3.05, 3.63) is 11.1 Å². The summed E-state index contributed by atoms with van der Waals surface area (Å²) in [6.07, 6.45) is 0. The summed E-state index contributed by atoms with van der Waals surface area (Å²) in [7, 11) is 0. The third-order valence-electron chi connectivity index (χ3n) is 1.50. The van der Waals surface area contributed by atoms with Gasteiger partial charge in [-0.1, -0.05) is 5.16 Å². The van der Waals surface area contributed by atoms with Crippen molar-refractivity contribution in [1.82, 2.24) is 4.98 Å². The summed E-state index contributed by atoms with van der Waals surface area (Å²) in [6, 6.07) is 0. The SMILES string of the molecule is CCOC(=O)/C(=N/OC(C)=O)c1csc(N)n1. The van der Waals surface area contributed by atoms with Gasteiger partial charge < -0.3 is 15.3 Å². The molecule has 92 valence electrons. The topological polar surface area (TPSA) is 104 Å². The number of hydrogen-bond donors (Lipinski definition) is 1. The molecular formula is C9H11N3O4S. The zero-order valence-electron chi connectivity index (χ0n) is 9.30. The number of nitrogen functional groups attached to an aromatic ring is 1. The highest BCUT2D eigenvalue weighted by Crippen LogP contribution is 2.13. The molecule has 0 atom stereocenters. The molecule has 17 heavy (non-hydrogen) atoms. The number of rotatable bonds is 4. The fourth-order valence-corrected chi connectivity index (χ4v) is 1.44. The van der Waals surface area contributed by atoms with Gasteiger partial charge in [-0.3, -0.25) is 0 Å². The van der Waals surface area contributed by atoms with Crippen LogP contribution in [-0.4, -0.2) is 29.2 Å². The number of ether oxygens (including phenoxy) is 1. The van der Waals surface area contributed by atoms with E-state index in [9.17, 15) is 9.59 Å². The molecule has 0 saturated heterocycles. The van der Waals surface area contributed by atoms with Crippen LogP contribution in [0.25, 0.3) is 0 Å². The first-order valence-corrected chi connectivity index (χ1v) is 5.56. The molecule has 0 fully saturated rings. The predicted octanol–water partition coefficient (Wildman–Crippen LogP) is 0.556. The van der Waals surface area contributed by atoms with E-state index in [1.165, 1.54) is 12.3 Å². The Balaban J connectivity index is 2.97. The molecule has 0 aliphatic rings. The van der Waals surface area contributed by atoms with Crippen LogP contribution in [0, 0.1) is 0 Å². The lowest BCUT2D eigenvalue weighted by Gasteiger charge is -2.02. The van der Waals surface area contributed by atoms with Crippen LogP contribution in [0.3, 0.4) is 0 Å². The summed E-state index contributed by atoms with van der Waals surface area (Å²) in [5.74, 6) is -1.37. The lowest BCUT2D eigenvalue weighted by molar-refractivity contribution is -0.141. The number of thiazole rings is 1. The first-order valence-electron chi connectivity index (χ1n) is 4.68. The molecule has 8 heteroatoms. The van der Waals surface area contributed by atoms with Gasteiger partial charge in [-0.25, -0.2) is 14.6 Å². The second-order valence-electron chi connectivity index (χ2n) is 2.81. The Morgan fingerprint density at radius 2 is 2.29 bits per heavy atom. The molecule has 1 aromatic heterocycles. The van der Waals surface area contributed by atoms with Gasteiger partial charge >= 0.3 is 11.9 Å². The summed E-state index contributed by atoms with van der Waals surface area (Å²) in [4.78, 5) is 30.5. The molecule has 1 aromatic rings. The molecule has 1 rings (SSSR count). The van der Waals surface area contributed by atoms with Crippen LogP contribution in [0.4, 0.5) is 5.13 Å². The zero-order valence-corrected chi connectivity index (χ0v) is 10.1. The second kappa shape index (κ2) is 5.94. The van der Waals surface area contributed by atoms with Crippen molar-refractivity contribution in [2.75, 3.05) is 12.3 Å². The maximum Gasteiger partial charge on any atom is 0.362 e. The maximum atomic E-state index is 11.5. The number of esters is 1. The van der Waals surface area contributed by atoms with Gasteiger partial charge in [0, 0.05) is 12.3 Å². The average Bonchev–Trinajstić information content (AvgIpc) is 2.65. The quantitative estimate of drug-likeness (QED) is 0.365. The first-order chi connectivity index (χ1) is 8.04. The van der Waals surface area contributed by atoms with Crippen molar-refractivity contribution < 1.29 is 19.2 Å². The van der Waals surface area contributed by atoms with Crippen molar-refractivity contribution in [3.63, 3.8) is 0 Å². The van der Waals surface area contributed by atoms with E-state index in [1.54, 1.807) is 6.92 Å². The minimum Gasteiger partial charge on any atom is -0.461 e. The minimum absolute atomic E-state index is 0.178. The molecule has 0 saturated carbocycles. The molecule has 0 radical (unpaired) electrons. The Labute approximate surface area is 101 Å². The van der Waals surface area contributed by atoms with Gasteiger partial charge in [-0.05, 0) is 6.92 Å². The Hall–Kier alpha value is -1.96. The monoisotopic (exact) mass is 257 g/mol. The van der Waals surface area contributed by atoms with Crippen molar-refractivity contribution in [2.45, 2.75) is 13.8 Å². The van der Waals surface area contributed by atoms with Crippen molar-refractivity contribution in [1.29, 1.82) is 0 Å². The standard InChI is InChI=1S/C9H11N3O4S/c1-3-15-8(14)7(12-16-5(2)13)6-4-17-9(10)11-6/h4H,3H2,1-2H3,(H2,10,11)/b12-7+. The normalized spacial score (nSPS) is 11.1. The summed E-state index contributed by atoms with van der Waals surface area (Å²) < 4.78 is 4.76. The molecule has 0 bridgehead atoms. The molecule has 0 spiro atoms. The van der Waals surface area contributed by atoms with Gasteiger partial charge in [0.15, 0.2) is 5.13 Å². The Morgan fingerprint density at radius 1 is 1.59 bits per heavy atom. The van der Waals surface area contributed by atoms with E-state index in [-0.39, 0.29) is 23.1 Å². The van der Waals surface area contributed by atoms with Crippen LogP contribution in [0.2, 0.25) is 0 Å². The first kappa shape index (κ1) is 13.1. The molecular weight excluding hydrogens is 246 g/mol. The average molecular weight is 257 g/mol. The molecule has 1 heterocycles. The van der Waals surface area contributed by atoms with Crippen LogP contribution in [0.1, 0.15) is 19.5 Å². The minimum atomic E-state index is -0.723. The smallest absolute Gasteiger partial charge is 0.362 e. The highest BCUT2D eigenvalue weighted by molar-refractivity contribution is 7.13. The van der Waals surface area contributed by atoms with Gasteiger partial charge in [-0.15, -0.1) is 11.3 Å². The fraction of sp³-hybridized carbons (Fsp3) is 0.333. The van der Waals surface area contributed by atoms with E-state index < -0.39 is 11.9 Å². The van der Waals surface area contributed by atoms with Crippen molar-refractivity contribution in [2.24, 2.45) is 5.16 Å². The number of aromatic nitrogens is 1. The number of oxime groups is 1. The Bertz CT molecular complexity index is 455. The molecule has 0 aliphatic heterocycles. The van der Waals surface area contributed by atoms with Gasteiger partial charge in [-0.2, -0.15) is 0 Å². The van der Waals surface area contributed by atoms with Crippen LogP contribution in [0.5, 0.6) is 0 Å². The molecule has 0 aromatic carbocycles. The molecule has 0 unspecified atom stereocenters. The van der Waals surface area contributed by atoms with Crippen molar-refractivity contribution in [3.8, 4) is 0 Å². The number of carbonyl (C=O) groups is 2. The number of carbonyl (C=O) groups excluding carboxylic acids is 2. The third-order valence-corrected chi connectivity index (χ3v) is 2.17. The van der Waals surface area contributed by atoms with Gasteiger partial charge in [0.25, 0.3) is 0 Å². The summed E-state index contributed by atoms with van der Waals surface area (Å²) in [5, 5.41) is 5.21. The van der Waals surface area contributed by atoms with Crippen LogP contribution in [0.15, 0.2) is 10.5 Å². The van der Waals surface area contributed by atoms with Crippen LogP contribution < -0.4 is 5.73 Å². The van der Waals surface area contributed by atoms with E-state index in [0.717, 1.165) is 11.3 Å². The largest absolute Gasteiger partial charge is 0.461 e. The highest BCUT2D eigenvalue weighted by atomic mass is 32.1. The van der Waals surface area contributed by atoms with E-state index in [4.69, 9.17) is 10.5 Å². The lowest BCUT2D eigenvalue weighted by Crippen LogP contribution is -2.20. The third kappa shape index (κ3) is 3.83. The molecule has 0 amide bonds. The predicted molar refractivity (Wildman–Crippen MR) is 61.5 cm³/mol. The van der Waals surface area contributed by atoms with Crippen LogP contribution >= 0.6 is 11.3 Å². The van der Waals surface area contributed by atoms with E-state index in [1.807, 2.05) is 0 Å². The number of nitrogens with two attached hydrogens (primary N) is 1.